The summed E-state index contributed by atoms with van der Waals surface area (Å²) in [6.45, 7) is 2.00. The monoisotopic (exact) mass is 276 g/mol. The summed E-state index contributed by atoms with van der Waals surface area (Å²) in [7, 11) is 0. The van der Waals surface area contributed by atoms with Gasteiger partial charge in [0.05, 0.1) is 5.92 Å². The fourth-order valence-corrected chi connectivity index (χ4v) is 3.49. The van der Waals surface area contributed by atoms with E-state index in [2.05, 4.69) is 10.6 Å². The van der Waals surface area contributed by atoms with E-state index in [0.29, 0.717) is 12.1 Å². The number of rotatable bonds is 4. The van der Waals surface area contributed by atoms with Gasteiger partial charge in [0.15, 0.2) is 0 Å². The molecule has 2 saturated heterocycles. The average Bonchev–Trinajstić information content (AvgIpc) is 3.03. The molecule has 1 aromatic rings. The normalized spacial score (nSPS) is 29.4. The molecule has 2 N–H and O–H groups in total. The first-order chi connectivity index (χ1) is 9.61. The summed E-state index contributed by atoms with van der Waals surface area (Å²) in [5, 5.41) is 6.58. The quantitative estimate of drug-likeness (QED) is 0.883. The molecule has 4 heteroatoms. The van der Waals surface area contributed by atoms with E-state index in [1.54, 1.807) is 12.1 Å². The molecule has 3 nitrogen and oxygen atoms in total. The summed E-state index contributed by atoms with van der Waals surface area (Å²) in [6, 6.07) is 7.47. The van der Waals surface area contributed by atoms with Gasteiger partial charge in [0.25, 0.3) is 0 Å². The third-order valence-electron chi connectivity index (χ3n) is 4.48. The number of fused-ring (bicyclic) bond motifs is 2. The first-order valence-corrected chi connectivity index (χ1v) is 7.42. The zero-order chi connectivity index (χ0) is 14.1. The number of carbonyl (C=O) groups excluding carboxylic acids is 1. The minimum absolute atomic E-state index is 0.0760. The predicted octanol–water partition coefficient (Wildman–Crippen LogP) is 2.01. The molecule has 0 aromatic heterocycles. The number of amides is 1. The van der Waals surface area contributed by atoms with Crippen LogP contribution in [0.2, 0.25) is 0 Å². The van der Waals surface area contributed by atoms with Crippen molar-refractivity contribution in [3.05, 3.63) is 35.6 Å². The minimum atomic E-state index is -0.224. The Morgan fingerprint density at radius 3 is 2.75 bits per heavy atom. The molecule has 2 heterocycles. The molecule has 2 fully saturated rings. The van der Waals surface area contributed by atoms with Gasteiger partial charge in [0.1, 0.15) is 5.82 Å². The smallest absolute Gasteiger partial charge is 0.224 e. The SMILES string of the molecule is CC(Cc1ccc(F)cc1)NC(=O)C1CC2CCC1N2. The largest absolute Gasteiger partial charge is 0.353 e. The number of hydrogen-bond donors (Lipinski definition) is 2. The Hall–Kier alpha value is -1.42. The van der Waals surface area contributed by atoms with E-state index in [1.165, 1.54) is 18.6 Å². The summed E-state index contributed by atoms with van der Waals surface area (Å²) in [5.74, 6) is 0.0715. The second kappa shape index (κ2) is 5.52. The highest BCUT2D eigenvalue weighted by Crippen LogP contribution is 2.33. The molecule has 0 aliphatic carbocycles. The Kier molecular flexibility index (Phi) is 3.74. The van der Waals surface area contributed by atoms with Crippen LogP contribution in [0.4, 0.5) is 4.39 Å². The van der Waals surface area contributed by atoms with Crippen molar-refractivity contribution < 1.29 is 9.18 Å². The summed E-state index contributed by atoms with van der Waals surface area (Å²) >= 11 is 0. The van der Waals surface area contributed by atoms with Crippen molar-refractivity contribution in [1.29, 1.82) is 0 Å². The zero-order valence-corrected chi connectivity index (χ0v) is 11.7. The molecule has 20 heavy (non-hydrogen) atoms. The maximum Gasteiger partial charge on any atom is 0.224 e. The van der Waals surface area contributed by atoms with Crippen molar-refractivity contribution in [2.24, 2.45) is 5.92 Å². The minimum Gasteiger partial charge on any atom is -0.353 e. The zero-order valence-electron chi connectivity index (χ0n) is 11.7. The Morgan fingerprint density at radius 1 is 1.40 bits per heavy atom. The highest BCUT2D eigenvalue weighted by molar-refractivity contribution is 5.80. The fourth-order valence-electron chi connectivity index (χ4n) is 3.49. The number of nitrogens with one attached hydrogen (secondary N) is 2. The molecule has 1 aromatic carbocycles. The van der Waals surface area contributed by atoms with E-state index in [-0.39, 0.29) is 23.7 Å². The Bertz CT molecular complexity index is 488. The van der Waals surface area contributed by atoms with Gasteiger partial charge in [-0.1, -0.05) is 12.1 Å². The topological polar surface area (TPSA) is 41.1 Å². The lowest BCUT2D eigenvalue weighted by Crippen LogP contribution is -2.42. The van der Waals surface area contributed by atoms with Gasteiger partial charge in [-0.2, -0.15) is 0 Å². The Balaban J connectivity index is 1.52. The predicted molar refractivity (Wildman–Crippen MR) is 75.8 cm³/mol. The van der Waals surface area contributed by atoms with Crippen molar-refractivity contribution in [1.82, 2.24) is 10.6 Å². The van der Waals surface area contributed by atoms with E-state index in [4.69, 9.17) is 0 Å². The van der Waals surface area contributed by atoms with Crippen LogP contribution in [-0.2, 0) is 11.2 Å². The van der Waals surface area contributed by atoms with Crippen LogP contribution in [-0.4, -0.2) is 24.0 Å². The lowest BCUT2D eigenvalue weighted by Gasteiger charge is -2.22. The fraction of sp³-hybridized carbons (Fsp3) is 0.562. The first kappa shape index (κ1) is 13.6. The lowest BCUT2D eigenvalue weighted by atomic mass is 9.88. The van der Waals surface area contributed by atoms with Crippen molar-refractivity contribution in [2.75, 3.05) is 0 Å². The van der Waals surface area contributed by atoms with Crippen LogP contribution in [0.1, 0.15) is 31.7 Å². The van der Waals surface area contributed by atoms with Crippen LogP contribution in [0.25, 0.3) is 0 Å². The molecule has 2 bridgehead atoms. The first-order valence-electron chi connectivity index (χ1n) is 7.42. The van der Waals surface area contributed by atoms with Crippen LogP contribution in [0.3, 0.4) is 0 Å². The van der Waals surface area contributed by atoms with Gasteiger partial charge in [-0.25, -0.2) is 4.39 Å². The van der Waals surface area contributed by atoms with Crippen molar-refractivity contribution >= 4 is 5.91 Å². The molecule has 108 valence electrons. The number of halogens is 1. The summed E-state index contributed by atoms with van der Waals surface area (Å²) in [5.41, 5.74) is 1.05. The van der Waals surface area contributed by atoms with Crippen molar-refractivity contribution in [3.63, 3.8) is 0 Å². The standard InChI is InChI=1S/C16H21FN2O/c1-10(8-11-2-4-12(17)5-3-11)18-16(20)14-9-13-6-7-15(14)19-13/h2-5,10,13-15,19H,6-9H2,1H3,(H,18,20). The van der Waals surface area contributed by atoms with Crippen molar-refractivity contribution in [3.8, 4) is 0 Å². The number of hydrogen-bond acceptors (Lipinski definition) is 2. The molecule has 0 saturated carbocycles. The Labute approximate surface area is 118 Å². The van der Waals surface area contributed by atoms with Gasteiger partial charge >= 0.3 is 0 Å². The molecule has 4 atom stereocenters. The second-order valence-corrected chi connectivity index (χ2v) is 6.13. The Morgan fingerprint density at radius 2 is 2.15 bits per heavy atom. The van der Waals surface area contributed by atoms with Gasteiger partial charge in [-0.3, -0.25) is 4.79 Å². The van der Waals surface area contributed by atoms with E-state index in [1.807, 2.05) is 6.92 Å². The second-order valence-electron chi connectivity index (χ2n) is 6.13. The number of benzene rings is 1. The molecular formula is C16H21FN2O. The highest BCUT2D eigenvalue weighted by Gasteiger charge is 2.42. The molecule has 4 unspecified atom stereocenters. The molecule has 2 aliphatic heterocycles. The van der Waals surface area contributed by atoms with Crippen LogP contribution in [0, 0.1) is 11.7 Å². The van der Waals surface area contributed by atoms with E-state index in [9.17, 15) is 9.18 Å². The highest BCUT2D eigenvalue weighted by atomic mass is 19.1. The lowest BCUT2D eigenvalue weighted by molar-refractivity contribution is -0.126. The summed E-state index contributed by atoms with van der Waals surface area (Å²) in [6.07, 6.45) is 4.04. The van der Waals surface area contributed by atoms with Crippen LogP contribution >= 0.6 is 0 Å². The van der Waals surface area contributed by atoms with E-state index >= 15 is 0 Å². The average molecular weight is 276 g/mol. The molecule has 1 amide bonds. The van der Waals surface area contributed by atoms with Gasteiger partial charge in [-0.15, -0.1) is 0 Å². The van der Waals surface area contributed by atoms with Gasteiger partial charge in [0.2, 0.25) is 5.91 Å². The van der Waals surface area contributed by atoms with Crippen LogP contribution < -0.4 is 10.6 Å². The maximum absolute atomic E-state index is 12.8. The summed E-state index contributed by atoms with van der Waals surface area (Å²) < 4.78 is 12.8. The van der Waals surface area contributed by atoms with E-state index in [0.717, 1.165) is 24.8 Å². The van der Waals surface area contributed by atoms with Crippen LogP contribution in [0.5, 0.6) is 0 Å². The van der Waals surface area contributed by atoms with Gasteiger partial charge < -0.3 is 10.6 Å². The maximum atomic E-state index is 12.8. The molecule has 0 spiro atoms. The van der Waals surface area contributed by atoms with E-state index < -0.39 is 0 Å². The van der Waals surface area contributed by atoms with Crippen LogP contribution in [0.15, 0.2) is 24.3 Å². The van der Waals surface area contributed by atoms with Crippen molar-refractivity contribution in [2.45, 2.75) is 50.7 Å². The number of carbonyl (C=O) groups is 1. The summed E-state index contributed by atoms with van der Waals surface area (Å²) in [4.78, 5) is 12.3. The molecule has 3 rings (SSSR count). The third kappa shape index (κ3) is 2.85. The van der Waals surface area contributed by atoms with Gasteiger partial charge in [-0.05, 0) is 50.3 Å². The third-order valence-corrected chi connectivity index (χ3v) is 4.48. The van der Waals surface area contributed by atoms with Gasteiger partial charge in [0, 0.05) is 18.1 Å². The molecule has 2 aliphatic rings. The molecular weight excluding hydrogens is 255 g/mol. The molecule has 0 radical (unpaired) electrons.